The highest BCUT2D eigenvalue weighted by Gasteiger charge is 2.13. The van der Waals surface area contributed by atoms with Gasteiger partial charge in [-0.05, 0) is 57.8 Å². The third kappa shape index (κ3) is 2.79. The van der Waals surface area contributed by atoms with E-state index in [-0.39, 0.29) is 1.43 Å². The van der Waals surface area contributed by atoms with Gasteiger partial charge in [0.25, 0.3) is 0 Å². The zero-order valence-electron chi connectivity index (χ0n) is 19.5. The van der Waals surface area contributed by atoms with Crippen LogP contribution in [0.1, 0.15) is 1.43 Å². The predicted octanol–water partition coefficient (Wildman–Crippen LogP) is 9.95. The van der Waals surface area contributed by atoms with Gasteiger partial charge in [0.2, 0.25) is 0 Å². The third-order valence-electron chi connectivity index (χ3n) is 7.41. The quantitative estimate of drug-likeness (QED) is 0.273. The van der Waals surface area contributed by atoms with Gasteiger partial charge >= 0.3 is 0 Å². The smallest absolute Gasteiger partial charge is 0.135 e. The molecule has 0 aliphatic carbocycles. The van der Waals surface area contributed by atoms with Crippen molar-refractivity contribution in [2.45, 2.75) is 0 Å². The van der Waals surface area contributed by atoms with E-state index in [2.05, 4.69) is 114 Å². The Morgan fingerprint density at radius 1 is 0.500 bits per heavy atom. The summed E-state index contributed by atoms with van der Waals surface area (Å²) < 4.78 is 6.04. The second-order valence-corrected chi connectivity index (χ2v) is 9.45. The van der Waals surface area contributed by atoms with Crippen LogP contribution < -0.4 is 0 Å². The molecule has 2 heterocycles. The molecule has 0 spiro atoms. The number of aromatic amines is 1. The van der Waals surface area contributed by atoms with Gasteiger partial charge in [-0.25, -0.2) is 0 Å². The van der Waals surface area contributed by atoms with Crippen LogP contribution in [0.3, 0.4) is 0 Å². The molecular weight excluding hydrogens is 438 g/mol. The fourth-order valence-electron chi connectivity index (χ4n) is 5.71. The molecule has 2 nitrogen and oxygen atoms in total. The van der Waals surface area contributed by atoms with Gasteiger partial charge in [0, 0.05) is 34.1 Å². The molecule has 0 bridgehead atoms. The topological polar surface area (TPSA) is 28.9 Å². The van der Waals surface area contributed by atoms with Crippen molar-refractivity contribution >= 4 is 54.5 Å². The van der Waals surface area contributed by atoms with Crippen molar-refractivity contribution in [3.05, 3.63) is 121 Å². The van der Waals surface area contributed by atoms with Crippen LogP contribution in [0.5, 0.6) is 0 Å². The molecule has 0 atom stereocenters. The molecule has 8 rings (SSSR count). The second kappa shape index (κ2) is 7.34. The van der Waals surface area contributed by atoms with Gasteiger partial charge < -0.3 is 9.40 Å². The van der Waals surface area contributed by atoms with Crippen LogP contribution in [0.25, 0.3) is 76.8 Å². The molecule has 0 aliphatic heterocycles. The maximum absolute atomic E-state index is 6.04. The fourth-order valence-corrected chi connectivity index (χ4v) is 5.71. The summed E-state index contributed by atoms with van der Waals surface area (Å²) in [5.74, 6) is 0. The lowest BCUT2D eigenvalue weighted by Gasteiger charge is -2.08. The van der Waals surface area contributed by atoms with E-state index in [0.29, 0.717) is 0 Å². The first kappa shape index (κ1) is 19.5. The van der Waals surface area contributed by atoms with Gasteiger partial charge in [-0.2, -0.15) is 0 Å². The molecule has 6 aromatic carbocycles. The highest BCUT2D eigenvalue weighted by Crippen LogP contribution is 2.38. The van der Waals surface area contributed by atoms with Crippen LogP contribution in [0, 0.1) is 0 Å². The molecule has 8 aromatic rings. The summed E-state index contributed by atoms with van der Waals surface area (Å²) in [7, 11) is 0. The summed E-state index contributed by atoms with van der Waals surface area (Å²) in [5.41, 5.74) is 8.99. The van der Waals surface area contributed by atoms with Crippen molar-refractivity contribution < 1.29 is 5.84 Å². The number of hydrogen-bond acceptors (Lipinski definition) is 1. The molecule has 2 heteroatoms. The molecule has 0 amide bonds. The van der Waals surface area contributed by atoms with Gasteiger partial charge in [0.05, 0.1) is 5.52 Å². The number of para-hydroxylation sites is 2. The van der Waals surface area contributed by atoms with E-state index >= 15 is 0 Å². The minimum Gasteiger partial charge on any atom is -0.456 e. The van der Waals surface area contributed by atoms with Crippen molar-refractivity contribution in [2.75, 3.05) is 0 Å². The normalized spacial score (nSPS) is 11.9. The average molecular weight is 462 g/mol. The maximum atomic E-state index is 6.04. The van der Waals surface area contributed by atoms with Crippen molar-refractivity contribution in [2.24, 2.45) is 0 Å². The first-order valence-electron chi connectivity index (χ1n) is 12.3. The molecule has 1 N–H and O–H groups in total. The van der Waals surface area contributed by atoms with E-state index in [9.17, 15) is 0 Å². The van der Waals surface area contributed by atoms with E-state index in [1.54, 1.807) is 0 Å². The average Bonchev–Trinajstić information content (AvgIpc) is 3.51. The second-order valence-electron chi connectivity index (χ2n) is 9.45. The number of rotatable bonds is 2. The SMILES string of the molecule is [HH].c1cc(-c2ccc3oc4ccccc4c3c2)cc(-c2cccc3c2[nH]c2ccc4ccccc4c23)c1. The Labute approximate surface area is 208 Å². The van der Waals surface area contributed by atoms with E-state index in [4.69, 9.17) is 4.42 Å². The molecule has 0 unspecified atom stereocenters. The first-order valence-corrected chi connectivity index (χ1v) is 12.3. The monoisotopic (exact) mass is 461 g/mol. The Hall–Kier alpha value is -4.82. The van der Waals surface area contributed by atoms with Gasteiger partial charge in [-0.1, -0.05) is 91.0 Å². The van der Waals surface area contributed by atoms with E-state index in [1.807, 2.05) is 12.1 Å². The zero-order chi connectivity index (χ0) is 23.6. The van der Waals surface area contributed by atoms with Crippen LogP contribution in [0.4, 0.5) is 0 Å². The molecule has 0 fully saturated rings. The van der Waals surface area contributed by atoms with Gasteiger partial charge in [-0.15, -0.1) is 0 Å². The summed E-state index contributed by atoms with van der Waals surface area (Å²) in [6.45, 7) is 0. The zero-order valence-corrected chi connectivity index (χ0v) is 19.5. The number of furan rings is 1. The van der Waals surface area contributed by atoms with Crippen LogP contribution in [0.2, 0.25) is 0 Å². The van der Waals surface area contributed by atoms with E-state index < -0.39 is 0 Å². The van der Waals surface area contributed by atoms with E-state index in [1.165, 1.54) is 54.8 Å². The largest absolute Gasteiger partial charge is 0.456 e. The number of benzene rings is 6. The maximum Gasteiger partial charge on any atom is 0.135 e. The summed E-state index contributed by atoms with van der Waals surface area (Å²) in [6.07, 6.45) is 0. The molecule has 170 valence electrons. The van der Waals surface area contributed by atoms with Gasteiger partial charge in [0.15, 0.2) is 0 Å². The first-order chi connectivity index (χ1) is 17.8. The lowest BCUT2D eigenvalue weighted by Crippen LogP contribution is -1.83. The molecule has 0 saturated carbocycles. The molecule has 2 aromatic heterocycles. The highest BCUT2D eigenvalue weighted by atomic mass is 16.3. The molecule has 36 heavy (non-hydrogen) atoms. The van der Waals surface area contributed by atoms with Crippen molar-refractivity contribution in [1.82, 2.24) is 4.98 Å². The van der Waals surface area contributed by atoms with Crippen LogP contribution in [-0.2, 0) is 0 Å². The Balaban J connectivity index is 0.00000231. The highest BCUT2D eigenvalue weighted by molar-refractivity contribution is 6.22. The molecule has 0 radical (unpaired) electrons. The Morgan fingerprint density at radius 2 is 1.25 bits per heavy atom. The predicted molar refractivity (Wildman–Crippen MR) is 154 cm³/mol. The molecular formula is C34H23NO. The minimum atomic E-state index is 0. The van der Waals surface area contributed by atoms with E-state index in [0.717, 1.165) is 21.9 Å². The fraction of sp³-hybridized carbons (Fsp3) is 0. The lowest BCUT2D eigenvalue weighted by atomic mass is 9.96. The van der Waals surface area contributed by atoms with Crippen LogP contribution >= 0.6 is 0 Å². The Bertz CT molecular complexity index is 2110. The Kier molecular flexibility index (Phi) is 3.97. The van der Waals surface area contributed by atoms with Crippen LogP contribution in [-0.4, -0.2) is 4.98 Å². The number of hydrogen-bond donors (Lipinski definition) is 1. The summed E-state index contributed by atoms with van der Waals surface area (Å²) in [4.78, 5) is 3.72. The standard InChI is InChI=1S/C34H21NO.H2/c1-2-10-25-21(7-1)15-17-30-33(25)28-13-6-12-26(34(28)35-30)24-9-5-8-22(19-24)23-16-18-32-29(20-23)27-11-3-4-14-31(27)36-32;/h1-20,35H;1H. The lowest BCUT2D eigenvalue weighted by molar-refractivity contribution is 0.669. The Morgan fingerprint density at radius 3 is 2.22 bits per heavy atom. The number of aromatic nitrogens is 1. The number of fused-ring (bicyclic) bond motifs is 8. The van der Waals surface area contributed by atoms with Crippen molar-refractivity contribution in [3.63, 3.8) is 0 Å². The van der Waals surface area contributed by atoms with Crippen molar-refractivity contribution in [1.29, 1.82) is 0 Å². The summed E-state index contributed by atoms with van der Waals surface area (Å²) in [6, 6.07) is 43.2. The number of H-pyrrole nitrogens is 1. The van der Waals surface area contributed by atoms with Crippen molar-refractivity contribution in [3.8, 4) is 22.3 Å². The summed E-state index contributed by atoms with van der Waals surface area (Å²) >= 11 is 0. The van der Waals surface area contributed by atoms with Crippen LogP contribution in [0.15, 0.2) is 126 Å². The third-order valence-corrected chi connectivity index (χ3v) is 7.41. The van der Waals surface area contributed by atoms with Gasteiger partial charge in [0.1, 0.15) is 11.2 Å². The number of nitrogens with one attached hydrogen (secondary N) is 1. The minimum absolute atomic E-state index is 0. The van der Waals surface area contributed by atoms with Gasteiger partial charge in [-0.3, -0.25) is 0 Å². The molecule has 0 saturated heterocycles. The molecule has 0 aliphatic rings. The summed E-state index contributed by atoms with van der Waals surface area (Å²) in [5, 5.41) is 7.40.